The van der Waals surface area contributed by atoms with Crippen LogP contribution >= 0.6 is 0 Å². The third kappa shape index (κ3) is 18.8. The molecule has 12 heteroatoms. The highest BCUT2D eigenvalue weighted by Crippen LogP contribution is 2.76. The van der Waals surface area contributed by atoms with Gasteiger partial charge < -0.3 is 38.1 Å². The standard InChI is InChI=1S/2C26H37NO.C25H35NO.C24H34N2O.C23H32N2O/c1-24-12-21-13-25(16-24,22-5-3-2-4-6-22)18-26(14-21,17-24)23(28)11-19-7-9-20(15-27)10-8-19;1-2-24-13-20-14-25(16-24,21-6-4-3-5-7-21)18-26(15-20,17-24)23(28)12-19-8-10-22(27)11-9-19;1-23-13-20-14-24(16-23,21-5-3-2-4-6-21)18-25(15-20,17-23)22(27)8-7-19-9-11-26-12-10-19;1-17-12-26(13-18(2)25-17)21(27)24-11-19-9-22(3,15-24)14-23(10-19,16-24)20-7-5-4-6-8-20;24-19-6-8-20(9-7-19)25-22(26)21-16-10-15-11-17(21)14-23(12-15,13-16)18-4-2-1-3-5-18/h2-6,19-21H,7-18,27H2,1H3;3-7,19-20,22H,2,8-18,27H2,1H3;2-6,19-20,26H,7-18H2,1H3;4-8,17-19,25H,9-16H2,1-3H3;1-5,15-17,19-21H,6-14,24H2,(H,25,26)/t;;;17-,18+,19?,22?,23?,24?;. The fourth-order valence-corrected chi connectivity index (χ4v) is 40.2. The smallest absolute Gasteiger partial charge is 0.228 e. The number of carbonyl (C=O) groups is 5. The lowest BCUT2D eigenvalue weighted by Crippen LogP contribution is -2.65. The molecule has 2 saturated heterocycles. The molecule has 136 heavy (non-hydrogen) atoms. The van der Waals surface area contributed by atoms with Crippen molar-refractivity contribution in [2.24, 2.45) is 132 Å². The van der Waals surface area contributed by atoms with Gasteiger partial charge in [-0.25, -0.2) is 0 Å². The molecular formula is C124H175N7O5. The quantitative estimate of drug-likeness (QED) is 0.0435. The van der Waals surface area contributed by atoms with Crippen molar-refractivity contribution in [2.45, 2.75) is 407 Å². The Labute approximate surface area is 819 Å². The first-order chi connectivity index (χ1) is 65.4. The minimum atomic E-state index is -0.124. The molecule has 18 unspecified atom stereocenters. The average Bonchev–Trinajstić information content (AvgIpc) is 0.692. The number of piperidine rings is 1. The van der Waals surface area contributed by atoms with Gasteiger partial charge in [-0.05, 0) is 458 Å². The lowest BCUT2D eigenvalue weighted by molar-refractivity contribution is -0.172. The van der Waals surface area contributed by atoms with Crippen LogP contribution in [0.1, 0.15) is 378 Å². The molecule has 25 aliphatic rings. The van der Waals surface area contributed by atoms with Gasteiger partial charge in [-0.15, -0.1) is 0 Å². The maximum atomic E-state index is 14.0. The van der Waals surface area contributed by atoms with Crippen LogP contribution in [-0.2, 0) is 51.0 Å². The van der Waals surface area contributed by atoms with E-state index < -0.39 is 0 Å². The Balaban J connectivity index is 0.000000102. The molecule has 25 fully saturated rings. The number of hydrogen-bond acceptors (Lipinski definition) is 10. The molecule has 2 heterocycles. The largest absolute Gasteiger partial charge is 0.353 e. The van der Waals surface area contributed by atoms with Gasteiger partial charge in [0.2, 0.25) is 11.8 Å². The number of nitrogens with zero attached hydrogens (tertiary/aromatic N) is 1. The van der Waals surface area contributed by atoms with Crippen molar-refractivity contribution >= 4 is 29.2 Å². The van der Waals surface area contributed by atoms with Crippen molar-refractivity contribution in [3.63, 3.8) is 0 Å². The fourth-order valence-electron chi connectivity index (χ4n) is 40.2. The van der Waals surface area contributed by atoms with E-state index in [1.54, 1.807) is 0 Å². The summed E-state index contributed by atoms with van der Waals surface area (Å²) < 4.78 is 0. The number of piperazine rings is 1. The molecule has 20 bridgehead atoms. The normalized spacial score (nSPS) is 44.0. The minimum absolute atomic E-state index is 0.0169. The molecule has 0 spiro atoms. The Morgan fingerprint density at radius 2 is 0.743 bits per heavy atom. The zero-order chi connectivity index (χ0) is 93.9. The highest BCUT2D eigenvalue weighted by molar-refractivity contribution is 5.88. The van der Waals surface area contributed by atoms with Crippen LogP contribution in [0, 0.1) is 114 Å². The van der Waals surface area contributed by atoms with E-state index in [1.165, 1.54) is 208 Å². The Hall–Kier alpha value is -6.15. The van der Waals surface area contributed by atoms with Crippen molar-refractivity contribution in [2.75, 3.05) is 32.7 Å². The van der Waals surface area contributed by atoms with Gasteiger partial charge in [0.1, 0.15) is 17.3 Å². The Bertz CT molecular complexity index is 5010. The minimum Gasteiger partial charge on any atom is -0.353 e. The number of ketones is 3. The molecule has 0 radical (unpaired) electrons. The second-order valence-corrected chi connectivity index (χ2v) is 54.3. The Morgan fingerprint density at radius 1 is 0.375 bits per heavy atom. The zero-order valence-corrected chi connectivity index (χ0v) is 84.9. The van der Waals surface area contributed by atoms with E-state index in [2.05, 4.69) is 214 Å². The first-order valence-electron chi connectivity index (χ1n) is 56.5. The third-order valence-electron chi connectivity index (χ3n) is 43.1. The van der Waals surface area contributed by atoms with E-state index in [1.807, 2.05) is 0 Å². The number of nitrogens with two attached hydrogens (primary N) is 3. The molecule has 5 aromatic rings. The van der Waals surface area contributed by atoms with Crippen molar-refractivity contribution in [3.8, 4) is 0 Å². The van der Waals surface area contributed by atoms with Crippen LogP contribution in [0.2, 0.25) is 0 Å². The number of amides is 2. The number of benzene rings is 5. The van der Waals surface area contributed by atoms with Crippen LogP contribution in [0.3, 0.4) is 0 Å². The predicted octanol–water partition coefficient (Wildman–Crippen LogP) is 24.6. The van der Waals surface area contributed by atoms with Crippen LogP contribution in [0.15, 0.2) is 152 Å². The highest BCUT2D eigenvalue weighted by Gasteiger charge is 2.70. The Morgan fingerprint density at radius 3 is 1.18 bits per heavy atom. The lowest BCUT2D eigenvalue weighted by atomic mass is 9.37. The molecule has 0 aromatic heterocycles. The molecule has 736 valence electrons. The molecular weight excluding hydrogens is 1670 g/mol. The molecule has 23 saturated carbocycles. The second kappa shape index (κ2) is 37.5. The van der Waals surface area contributed by atoms with Gasteiger partial charge >= 0.3 is 0 Å². The number of rotatable bonds is 20. The first kappa shape index (κ1) is 96.0. The van der Waals surface area contributed by atoms with E-state index >= 15 is 0 Å². The number of nitrogens with one attached hydrogen (secondary N) is 3. The van der Waals surface area contributed by atoms with E-state index in [9.17, 15) is 24.0 Å². The Kier molecular flexibility index (Phi) is 26.5. The summed E-state index contributed by atoms with van der Waals surface area (Å²) in [6.45, 7) is 19.1. The summed E-state index contributed by atoms with van der Waals surface area (Å²) in [6, 6.07) is 57.8. The summed E-state index contributed by atoms with van der Waals surface area (Å²) in [5, 5.41) is 10.5. The van der Waals surface area contributed by atoms with Gasteiger partial charge in [-0.3, -0.25) is 24.0 Å². The second-order valence-electron chi connectivity index (χ2n) is 54.3. The molecule has 23 aliphatic carbocycles. The SMILES string of the molecule is CC12CC3CC(C(=O)CC4CCC(CN)CC4)(C1)CC(c1ccccc1)(C3)C2.CC12CC3CC(C(=O)CCC4CCNCC4)(C1)CC(c1ccccc1)(C3)C2.CCC12CC3CC(C(=O)CC4CCC(N)CC4)(C1)CC(c1ccccc1)(C3)C2.C[C@@H]1CN(C(=O)C23CC4CC(C)(C2)CC(c2ccccc2)(C4)C3)C[C@H](C)N1.NC1CCC(NC(=O)C2C3CC4CC2CC(c2ccccc2)(C4)C3)CC1. The summed E-state index contributed by atoms with van der Waals surface area (Å²) >= 11 is 0. The topological polar surface area (TPSA) is 203 Å². The van der Waals surface area contributed by atoms with Gasteiger partial charge in [-0.2, -0.15) is 0 Å². The van der Waals surface area contributed by atoms with Crippen LogP contribution in [0.25, 0.3) is 0 Å². The average molecular weight is 1840 g/mol. The number of carbonyl (C=O) groups excluding carboxylic acids is 5. The van der Waals surface area contributed by atoms with E-state index in [0.717, 1.165) is 191 Å². The van der Waals surface area contributed by atoms with Crippen molar-refractivity contribution < 1.29 is 24.0 Å². The molecule has 9 N–H and O–H groups in total. The lowest BCUT2D eigenvalue weighted by Gasteiger charge is -2.66. The van der Waals surface area contributed by atoms with Crippen LogP contribution in [-0.4, -0.2) is 97.0 Å². The maximum absolute atomic E-state index is 14.0. The van der Waals surface area contributed by atoms with Crippen LogP contribution in [0.4, 0.5) is 0 Å². The zero-order valence-electron chi connectivity index (χ0n) is 84.9. The predicted molar refractivity (Wildman–Crippen MR) is 550 cm³/mol. The summed E-state index contributed by atoms with van der Waals surface area (Å²) in [5.41, 5.74) is 28.1. The summed E-state index contributed by atoms with van der Waals surface area (Å²) in [5.74, 6) is 10.6. The fraction of sp³-hybridized carbons (Fsp3) is 0.718. The molecule has 30 rings (SSSR count). The van der Waals surface area contributed by atoms with Crippen molar-refractivity contribution in [1.82, 2.24) is 20.9 Å². The van der Waals surface area contributed by atoms with Gasteiger partial charge in [0.15, 0.2) is 0 Å². The van der Waals surface area contributed by atoms with Gasteiger partial charge in [0, 0.05) is 84.7 Å². The monoisotopic (exact) mass is 1840 g/mol. The maximum Gasteiger partial charge on any atom is 0.228 e. The van der Waals surface area contributed by atoms with Gasteiger partial charge in [0.05, 0.1) is 5.41 Å². The first-order valence-corrected chi connectivity index (χ1v) is 56.5. The third-order valence-corrected chi connectivity index (χ3v) is 43.1. The summed E-state index contributed by atoms with van der Waals surface area (Å²) in [4.78, 5) is 70.6. The van der Waals surface area contributed by atoms with Gasteiger partial charge in [-0.1, -0.05) is 186 Å². The molecule has 5 aromatic carbocycles. The molecule has 2 amide bonds. The molecule has 12 nitrogen and oxygen atoms in total. The molecule has 20 atom stereocenters. The van der Waals surface area contributed by atoms with E-state index in [-0.39, 0.29) is 49.2 Å². The summed E-state index contributed by atoms with van der Waals surface area (Å²) in [7, 11) is 0. The summed E-state index contributed by atoms with van der Waals surface area (Å²) in [6.07, 6.45) is 56.9. The van der Waals surface area contributed by atoms with E-state index in [4.69, 9.17) is 17.2 Å². The highest BCUT2D eigenvalue weighted by atomic mass is 16.2. The van der Waals surface area contributed by atoms with E-state index in [0.29, 0.717) is 122 Å². The van der Waals surface area contributed by atoms with Crippen molar-refractivity contribution in [1.29, 1.82) is 0 Å². The number of Topliss-reactive ketones (excluding diaryl/α,β-unsaturated/α-hetero) is 3. The van der Waals surface area contributed by atoms with Crippen LogP contribution in [0.5, 0.6) is 0 Å². The molecule has 2 aliphatic heterocycles. The van der Waals surface area contributed by atoms with Crippen molar-refractivity contribution in [3.05, 3.63) is 179 Å². The van der Waals surface area contributed by atoms with Gasteiger partial charge in [0.25, 0.3) is 0 Å². The van der Waals surface area contributed by atoms with Crippen LogP contribution < -0.4 is 33.2 Å². The number of hydrogen-bond donors (Lipinski definition) is 6.